The number of aromatic nitrogens is 1. The van der Waals surface area contributed by atoms with Crippen molar-refractivity contribution >= 4 is 21.6 Å². The summed E-state index contributed by atoms with van der Waals surface area (Å²) in [5.41, 5.74) is 0.709. The maximum absolute atomic E-state index is 12.6. The average molecular weight is 386 g/mol. The average Bonchev–Trinajstić information content (AvgIpc) is 2.70. The molecule has 0 fully saturated rings. The van der Waals surface area contributed by atoms with Gasteiger partial charge in [-0.2, -0.15) is 8.42 Å². The minimum absolute atomic E-state index is 0.0163. The lowest BCUT2D eigenvalue weighted by Crippen LogP contribution is -2.11. The van der Waals surface area contributed by atoms with Crippen molar-refractivity contribution in [2.75, 3.05) is 19.5 Å². The van der Waals surface area contributed by atoms with E-state index in [0.717, 1.165) is 0 Å². The van der Waals surface area contributed by atoms with Crippen LogP contribution in [0.15, 0.2) is 71.8 Å². The number of nitrogens with one attached hydrogen (secondary N) is 1. The molecule has 0 bridgehead atoms. The third-order valence-corrected chi connectivity index (χ3v) is 4.92. The standard InChI is InChI=1S/C19H18N2O5S/c1-24-15-7-5-14(6-8-15)21-19-18(4-3-13-20-19)26-27(22,23)17-11-9-16(25-2)10-12-17/h3-13H,1-2H3,(H,20,21). The van der Waals surface area contributed by atoms with Gasteiger partial charge in [-0.25, -0.2) is 4.98 Å². The molecule has 3 aromatic rings. The van der Waals surface area contributed by atoms with Crippen molar-refractivity contribution < 1.29 is 22.1 Å². The van der Waals surface area contributed by atoms with E-state index in [0.29, 0.717) is 17.2 Å². The van der Waals surface area contributed by atoms with Gasteiger partial charge in [0, 0.05) is 11.9 Å². The molecule has 0 aliphatic carbocycles. The molecule has 1 aromatic heterocycles. The summed E-state index contributed by atoms with van der Waals surface area (Å²) in [6.07, 6.45) is 1.54. The first-order chi connectivity index (χ1) is 13.0. The van der Waals surface area contributed by atoms with Gasteiger partial charge in [0.1, 0.15) is 16.4 Å². The number of methoxy groups -OCH3 is 2. The Morgan fingerprint density at radius 1 is 0.852 bits per heavy atom. The van der Waals surface area contributed by atoms with E-state index in [1.807, 2.05) is 0 Å². The maximum Gasteiger partial charge on any atom is 0.339 e. The van der Waals surface area contributed by atoms with Crippen LogP contribution >= 0.6 is 0 Å². The summed E-state index contributed by atoms with van der Waals surface area (Å²) in [7, 11) is -0.932. The smallest absolute Gasteiger partial charge is 0.339 e. The van der Waals surface area contributed by atoms with E-state index < -0.39 is 10.1 Å². The zero-order valence-corrected chi connectivity index (χ0v) is 15.6. The molecule has 2 aromatic carbocycles. The van der Waals surface area contributed by atoms with Crippen LogP contribution in [0, 0.1) is 0 Å². The Bertz CT molecular complexity index is 1000. The summed E-state index contributed by atoms with van der Waals surface area (Å²) in [6, 6.07) is 16.2. The lowest BCUT2D eigenvalue weighted by Gasteiger charge is -2.12. The molecule has 0 atom stereocenters. The molecule has 0 radical (unpaired) electrons. The van der Waals surface area contributed by atoms with Gasteiger partial charge in [0.05, 0.1) is 14.2 Å². The first-order valence-corrected chi connectivity index (χ1v) is 9.37. The summed E-state index contributed by atoms with van der Waals surface area (Å²) in [5, 5.41) is 3.04. The molecule has 27 heavy (non-hydrogen) atoms. The monoisotopic (exact) mass is 386 g/mol. The second kappa shape index (κ2) is 7.96. The van der Waals surface area contributed by atoms with E-state index in [-0.39, 0.29) is 16.5 Å². The fraction of sp³-hybridized carbons (Fsp3) is 0.105. The predicted octanol–water partition coefficient (Wildman–Crippen LogP) is 3.61. The molecule has 140 valence electrons. The van der Waals surface area contributed by atoms with E-state index in [9.17, 15) is 8.42 Å². The normalized spacial score (nSPS) is 10.9. The maximum atomic E-state index is 12.6. The van der Waals surface area contributed by atoms with Gasteiger partial charge in [-0.05, 0) is 60.7 Å². The van der Waals surface area contributed by atoms with Crippen LogP contribution in [0.3, 0.4) is 0 Å². The van der Waals surface area contributed by atoms with Gasteiger partial charge in [0.2, 0.25) is 0 Å². The molecule has 0 saturated heterocycles. The predicted molar refractivity (Wildman–Crippen MR) is 101 cm³/mol. The number of hydrogen-bond donors (Lipinski definition) is 1. The highest BCUT2D eigenvalue weighted by Gasteiger charge is 2.19. The molecule has 3 rings (SSSR count). The number of benzene rings is 2. The van der Waals surface area contributed by atoms with Gasteiger partial charge in [-0.1, -0.05) is 0 Å². The van der Waals surface area contributed by atoms with Gasteiger partial charge in [0.25, 0.3) is 0 Å². The largest absolute Gasteiger partial charge is 0.497 e. The molecule has 0 aliphatic heterocycles. The highest BCUT2D eigenvalue weighted by atomic mass is 32.2. The number of pyridine rings is 1. The Kier molecular flexibility index (Phi) is 5.46. The Morgan fingerprint density at radius 3 is 2.04 bits per heavy atom. The van der Waals surface area contributed by atoms with Crippen molar-refractivity contribution in [1.82, 2.24) is 4.98 Å². The van der Waals surface area contributed by atoms with Crippen LogP contribution in [0.2, 0.25) is 0 Å². The molecule has 0 saturated carbocycles. The number of rotatable bonds is 7. The topological polar surface area (TPSA) is 86.8 Å². The summed E-state index contributed by atoms with van der Waals surface area (Å²) >= 11 is 0. The summed E-state index contributed by atoms with van der Waals surface area (Å²) in [6.45, 7) is 0. The minimum Gasteiger partial charge on any atom is -0.497 e. The van der Waals surface area contributed by atoms with Gasteiger partial charge in [-0.3, -0.25) is 0 Å². The number of anilines is 2. The van der Waals surface area contributed by atoms with Crippen LogP contribution < -0.4 is 19.0 Å². The van der Waals surface area contributed by atoms with Crippen molar-refractivity contribution in [3.8, 4) is 17.2 Å². The second-order valence-electron chi connectivity index (χ2n) is 5.42. The van der Waals surface area contributed by atoms with Crippen molar-refractivity contribution in [2.24, 2.45) is 0 Å². The first-order valence-electron chi connectivity index (χ1n) is 7.96. The quantitative estimate of drug-likeness (QED) is 0.621. The van der Waals surface area contributed by atoms with E-state index in [2.05, 4.69) is 10.3 Å². The van der Waals surface area contributed by atoms with Gasteiger partial charge in [0.15, 0.2) is 11.6 Å². The van der Waals surface area contributed by atoms with Crippen LogP contribution in [0.1, 0.15) is 0 Å². The number of ether oxygens (including phenoxy) is 2. The highest BCUT2D eigenvalue weighted by Crippen LogP contribution is 2.29. The molecule has 8 heteroatoms. The summed E-state index contributed by atoms with van der Waals surface area (Å²) in [4.78, 5) is 4.19. The van der Waals surface area contributed by atoms with Crippen LogP contribution in [-0.4, -0.2) is 27.6 Å². The highest BCUT2D eigenvalue weighted by molar-refractivity contribution is 7.87. The molecular weight excluding hydrogens is 368 g/mol. The molecule has 1 N–H and O–H groups in total. The number of nitrogens with zero attached hydrogens (tertiary/aromatic N) is 1. The van der Waals surface area contributed by atoms with E-state index in [1.165, 1.54) is 25.3 Å². The fourth-order valence-electron chi connectivity index (χ4n) is 2.27. The Morgan fingerprint density at radius 2 is 1.44 bits per heavy atom. The fourth-order valence-corrected chi connectivity index (χ4v) is 3.21. The molecule has 1 heterocycles. The van der Waals surface area contributed by atoms with Gasteiger partial charge >= 0.3 is 10.1 Å². The molecular formula is C19H18N2O5S. The van der Waals surface area contributed by atoms with Crippen LogP contribution in [0.4, 0.5) is 11.5 Å². The van der Waals surface area contributed by atoms with Crippen LogP contribution in [0.5, 0.6) is 17.2 Å². The first kappa shape index (κ1) is 18.5. The zero-order chi connectivity index (χ0) is 19.3. The third kappa shape index (κ3) is 4.48. The SMILES string of the molecule is COc1ccc(Nc2ncccc2OS(=O)(=O)c2ccc(OC)cc2)cc1. The van der Waals surface area contributed by atoms with Crippen molar-refractivity contribution in [3.05, 3.63) is 66.9 Å². The van der Waals surface area contributed by atoms with E-state index in [4.69, 9.17) is 13.7 Å². The Labute approximate surface area is 157 Å². The summed E-state index contributed by atoms with van der Waals surface area (Å²) in [5.74, 6) is 1.63. The van der Waals surface area contributed by atoms with Crippen molar-refractivity contribution in [1.29, 1.82) is 0 Å². The molecule has 0 spiro atoms. The third-order valence-electron chi connectivity index (χ3n) is 3.67. The van der Waals surface area contributed by atoms with E-state index >= 15 is 0 Å². The van der Waals surface area contributed by atoms with E-state index in [1.54, 1.807) is 55.8 Å². The lowest BCUT2D eigenvalue weighted by atomic mass is 10.3. The number of hydrogen-bond acceptors (Lipinski definition) is 7. The molecule has 7 nitrogen and oxygen atoms in total. The Balaban J connectivity index is 1.84. The van der Waals surface area contributed by atoms with Gasteiger partial charge in [-0.15, -0.1) is 0 Å². The molecule has 0 amide bonds. The second-order valence-corrected chi connectivity index (χ2v) is 6.96. The lowest BCUT2D eigenvalue weighted by molar-refractivity contribution is 0.414. The summed E-state index contributed by atoms with van der Waals surface area (Å²) < 4.78 is 40.6. The molecule has 0 unspecified atom stereocenters. The Hall–Kier alpha value is -3.26. The van der Waals surface area contributed by atoms with Crippen LogP contribution in [-0.2, 0) is 10.1 Å². The van der Waals surface area contributed by atoms with Gasteiger partial charge < -0.3 is 19.0 Å². The minimum atomic E-state index is -4.02. The van der Waals surface area contributed by atoms with Crippen molar-refractivity contribution in [2.45, 2.75) is 4.90 Å². The van der Waals surface area contributed by atoms with Crippen LogP contribution in [0.25, 0.3) is 0 Å². The van der Waals surface area contributed by atoms with Crippen molar-refractivity contribution in [3.63, 3.8) is 0 Å². The zero-order valence-electron chi connectivity index (χ0n) is 14.7. The molecule has 0 aliphatic rings.